The third-order valence-electron chi connectivity index (χ3n) is 8.63. The van der Waals surface area contributed by atoms with Gasteiger partial charge in [-0.25, -0.2) is 0 Å². The number of nitrogens with zero attached hydrogens (tertiary/aromatic N) is 1. The summed E-state index contributed by atoms with van der Waals surface area (Å²) in [7, 11) is 1.61. The maximum atomic E-state index is 13.1. The van der Waals surface area contributed by atoms with E-state index >= 15 is 0 Å². The maximum Gasteiger partial charge on any atom is 0.251 e. The highest BCUT2D eigenvalue weighted by atomic mass is 16.5. The van der Waals surface area contributed by atoms with Gasteiger partial charge in [-0.2, -0.15) is 0 Å². The molecule has 2 aliphatic rings. The number of benzene rings is 1. The molecular formula is C33H53N3O4. The third-order valence-corrected chi connectivity index (χ3v) is 8.63. The summed E-state index contributed by atoms with van der Waals surface area (Å²) in [6, 6.07) is 7.00. The molecule has 1 saturated heterocycles. The Hall–Kier alpha value is -2.57. The van der Waals surface area contributed by atoms with Crippen LogP contribution < -0.4 is 15.4 Å². The molecule has 7 heteroatoms. The van der Waals surface area contributed by atoms with E-state index in [1.54, 1.807) is 31.4 Å². The minimum Gasteiger partial charge on any atom is -0.497 e. The van der Waals surface area contributed by atoms with Crippen LogP contribution >= 0.6 is 0 Å². The first kappa shape index (κ1) is 32.0. The molecule has 40 heavy (non-hydrogen) atoms. The molecule has 0 radical (unpaired) electrons. The summed E-state index contributed by atoms with van der Waals surface area (Å²) in [4.78, 5) is 40.4. The summed E-state index contributed by atoms with van der Waals surface area (Å²) in [5.74, 6) is 0.784. The first-order valence-electron chi connectivity index (χ1n) is 16.1. The minimum absolute atomic E-state index is 0.00416. The van der Waals surface area contributed by atoms with E-state index in [1.165, 1.54) is 57.8 Å². The van der Waals surface area contributed by atoms with Crippen molar-refractivity contribution in [2.45, 2.75) is 141 Å². The molecule has 3 amide bonds. The summed E-state index contributed by atoms with van der Waals surface area (Å²) >= 11 is 0. The van der Waals surface area contributed by atoms with Gasteiger partial charge < -0.3 is 20.3 Å². The Morgan fingerprint density at radius 1 is 0.775 bits per heavy atom. The average molecular weight is 556 g/mol. The zero-order chi connectivity index (χ0) is 28.6. The number of likely N-dealkylation sites (tertiary alicyclic amines) is 1. The van der Waals surface area contributed by atoms with E-state index in [2.05, 4.69) is 17.6 Å². The smallest absolute Gasteiger partial charge is 0.251 e. The van der Waals surface area contributed by atoms with Gasteiger partial charge in [0.25, 0.3) is 5.91 Å². The molecule has 2 fully saturated rings. The second kappa shape index (κ2) is 18.0. The Morgan fingerprint density at radius 3 is 1.90 bits per heavy atom. The molecule has 1 atom stereocenters. The summed E-state index contributed by atoms with van der Waals surface area (Å²) in [6.45, 7) is 2.95. The van der Waals surface area contributed by atoms with Gasteiger partial charge in [-0.3, -0.25) is 14.4 Å². The molecule has 0 spiro atoms. The van der Waals surface area contributed by atoms with Gasteiger partial charge in [0, 0.05) is 30.6 Å². The van der Waals surface area contributed by atoms with Gasteiger partial charge >= 0.3 is 0 Å². The standard InChI is InChI=1S/C33H53N3O4/c1-3-4-5-6-7-8-9-10-11-12-13-16-31(37)36-25-14-15-30(36)33(39)35-28-21-19-27(20-22-28)34-32(38)26-17-23-29(40-2)24-18-26/h17-18,23-24,27-28,30H,3-16,19-22,25H2,1-2H3,(H,34,38)(H,35,39)/t27?,28?,30-/m0/s1. The van der Waals surface area contributed by atoms with Crippen molar-refractivity contribution < 1.29 is 19.1 Å². The van der Waals surface area contributed by atoms with Gasteiger partial charge in [0.2, 0.25) is 11.8 Å². The summed E-state index contributed by atoms with van der Waals surface area (Å²) in [5, 5.41) is 6.34. The van der Waals surface area contributed by atoms with Crippen LogP contribution in [-0.2, 0) is 9.59 Å². The lowest BCUT2D eigenvalue weighted by atomic mass is 9.90. The summed E-state index contributed by atoms with van der Waals surface area (Å²) < 4.78 is 5.16. The van der Waals surface area contributed by atoms with Crippen LogP contribution in [0.1, 0.15) is 133 Å². The van der Waals surface area contributed by atoms with E-state index in [0.29, 0.717) is 18.5 Å². The highest BCUT2D eigenvalue weighted by Gasteiger charge is 2.35. The van der Waals surface area contributed by atoms with E-state index in [1.807, 2.05) is 4.90 Å². The fraction of sp³-hybridized carbons (Fsp3) is 0.727. The maximum absolute atomic E-state index is 13.1. The topological polar surface area (TPSA) is 87.7 Å². The normalized spacial score (nSPS) is 20.8. The SMILES string of the molecule is CCCCCCCCCCCCCC(=O)N1CCC[C@H]1C(=O)NC1CCC(NC(=O)c2ccc(OC)cc2)CC1. The first-order chi connectivity index (χ1) is 19.5. The number of amides is 3. The Balaban J connectivity index is 1.28. The number of rotatable bonds is 17. The largest absolute Gasteiger partial charge is 0.497 e. The van der Waals surface area contributed by atoms with Gasteiger partial charge in [0.1, 0.15) is 11.8 Å². The Morgan fingerprint density at radius 2 is 1.32 bits per heavy atom. The molecule has 1 aromatic rings. The predicted octanol–water partition coefficient (Wildman–Crippen LogP) is 6.54. The van der Waals surface area contributed by atoms with Crippen LogP contribution in [0.4, 0.5) is 0 Å². The number of hydrogen-bond acceptors (Lipinski definition) is 4. The molecule has 1 saturated carbocycles. The lowest BCUT2D eigenvalue weighted by Gasteiger charge is -2.31. The monoisotopic (exact) mass is 555 g/mol. The minimum atomic E-state index is -0.326. The van der Waals surface area contributed by atoms with Crippen molar-refractivity contribution in [3.63, 3.8) is 0 Å². The fourth-order valence-corrected chi connectivity index (χ4v) is 6.11. The number of hydrogen-bond donors (Lipinski definition) is 2. The van der Waals surface area contributed by atoms with Crippen LogP contribution in [0.25, 0.3) is 0 Å². The van der Waals surface area contributed by atoms with Gasteiger partial charge in [0.05, 0.1) is 7.11 Å². The van der Waals surface area contributed by atoms with Crippen LogP contribution in [0.3, 0.4) is 0 Å². The highest BCUT2D eigenvalue weighted by Crippen LogP contribution is 2.23. The molecular weight excluding hydrogens is 502 g/mol. The van der Waals surface area contributed by atoms with Crippen molar-refractivity contribution in [2.24, 2.45) is 0 Å². The van der Waals surface area contributed by atoms with E-state index in [0.717, 1.165) is 57.1 Å². The van der Waals surface area contributed by atoms with E-state index in [9.17, 15) is 14.4 Å². The molecule has 1 aliphatic carbocycles. The lowest BCUT2D eigenvalue weighted by Crippen LogP contribution is -2.50. The molecule has 2 N–H and O–H groups in total. The second-order valence-corrected chi connectivity index (χ2v) is 11.8. The quantitative estimate of drug-likeness (QED) is 0.214. The van der Waals surface area contributed by atoms with E-state index in [4.69, 9.17) is 4.74 Å². The zero-order valence-corrected chi connectivity index (χ0v) is 25.1. The van der Waals surface area contributed by atoms with E-state index < -0.39 is 0 Å². The fourth-order valence-electron chi connectivity index (χ4n) is 6.11. The number of methoxy groups -OCH3 is 1. The molecule has 0 bridgehead atoms. The van der Waals surface area contributed by atoms with Crippen LogP contribution in [0, 0.1) is 0 Å². The number of unbranched alkanes of at least 4 members (excludes halogenated alkanes) is 10. The van der Waals surface area contributed by atoms with Gasteiger partial charge in [-0.05, 0) is 69.2 Å². The number of ether oxygens (including phenoxy) is 1. The first-order valence-corrected chi connectivity index (χ1v) is 16.1. The van der Waals surface area contributed by atoms with Crippen molar-refractivity contribution in [1.82, 2.24) is 15.5 Å². The molecule has 224 valence electrons. The molecule has 1 heterocycles. The summed E-state index contributed by atoms with van der Waals surface area (Å²) in [6.07, 6.45) is 19.5. The Bertz CT molecular complexity index is 895. The van der Waals surface area contributed by atoms with Gasteiger partial charge in [-0.15, -0.1) is 0 Å². The molecule has 0 aromatic heterocycles. The van der Waals surface area contributed by atoms with Crippen LogP contribution in [0.2, 0.25) is 0 Å². The Kier molecular flexibility index (Phi) is 14.4. The number of nitrogens with one attached hydrogen (secondary N) is 2. The predicted molar refractivity (Wildman–Crippen MR) is 160 cm³/mol. The highest BCUT2D eigenvalue weighted by molar-refractivity contribution is 5.94. The van der Waals surface area contributed by atoms with Crippen molar-refractivity contribution >= 4 is 17.7 Å². The zero-order valence-electron chi connectivity index (χ0n) is 25.1. The van der Waals surface area contributed by atoms with E-state index in [-0.39, 0.29) is 35.8 Å². The van der Waals surface area contributed by atoms with Crippen LogP contribution in [-0.4, -0.2) is 54.4 Å². The number of carbonyl (C=O) groups excluding carboxylic acids is 3. The van der Waals surface area contributed by atoms with Crippen molar-refractivity contribution in [2.75, 3.05) is 13.7 Å². The van der Waals surface area contributed by atoms with Crippen LogP contribution in [0.15, 0.2) is 24.3 Å². The molecule has 1 aliphatic heterocycles. The van der Waals surface area contributed by atoms with Crippen LogP contribution in [0.5, 0.6) is 5.75 Å². The Labute approximate surface area is 242 Å². The number of carbonyl (C=O) groups is 3. The molecule has 0 unspecified atom stereocenters. The van der Waals surface area contributed by atoms with Crippen molar-refractivity contribution in [3.8, 4) is 5.75 Å². The molecule has 3 rings (SSSR count). The lowest BCUT2D eigenvalue weighted by molar-refractivity contribution is -0.138. The van der Waals surface area contributed by atoms with Crippen molar-refractivity contribution in [1.29, 1.82) is 0 Å². The summed E-state index contributed by atoms with van der Waals surface area (Å²) in [5.41, 5.74) is 0.621. The molecule has 1 aromatic carbocycles. The third kappa shape index (κ3) is 10.8. The second-order valence-electron chi connectivity index (χ2n) is 11.8. The van der Waals surface area contributed by atoms with Gasteiger partial charge in [-0.1, -0.05) is 71.1 Å². The van der Waals surface area contributed by atoms with Crippen molar-refractivity contribution in [3.05, 3.63) is 29.8 Å². The van der Waals surface area contributed by atoms with Gasteiger partial charge in [0.15, 0.2) is 0 Å². The molecule has 7 nitrogen and oxygen atoms in total. The average Bonchev–Trinajstić information content (AvgIpc) is 3.47.